The number of hydrogen-bond donors (Lipinski definition) is 0. The lowest BCUT2D eigenvalue weighted by Crippen LogP contribution is -2.48. The van der Waals surface area contributed by atoms with Crippen LogP contribution in [-0.2, 0) is 6.54 Å². The van der Waals surface area contributed by atoms with E-state index in [0.717, 1.165) is 44.3 Å². The summed E-state index contributed by atoms with van der Waals surface area (Å²) in [6, 6.07) is 21.0. The van der Waals surface area contributed by atoms with Crippen LogP contribution < -0.4 is 4.74 Å². The van der Waals surface area contributed by atoms with Crippen LogP contribution in [0.4, 0.5) is 0 Å². The first-order valence-electron chi connectivity index (χ1n) is 10.2. The Labute approximate surface area is 173 Å². The number of hydrogen-bond acceptors (Lipinski definition) is 5. The molecule has 1 aliphatic rings. The zero-order chi connectivity index (χ0) is 19.9. The average Bonchev–Trinajstić information content (AvgIpc) is 2.78. The number of aromatic nitrogens is 2. The van der Waals surface area contributed by atoms with E-state index in [0.29, 0.717) is 6.61 Å². The summed E-state index contributed by atoms with van der Waals surface area (Å²) in [5, 5.41) is 0. The molecule has 4 rings (SSSR count). The Hall–Kier alpha value is -2.76. The molecule has 5 heteroatoms. The Bertz CT molecular complexity index is 862. The number of nitrogens with zero attached hydrogens (tertiary/aromatic N) is 4. The van der Waals surface area contributed by atoms with Crippen molar-refractivity contribution in [1.82, 2.24) is 19.8 Å². The van der Waals surface area contributed by atoms with E-state index in [1.54, 1.807) is 0 Å². The second kappa shape index (κ2) is 9.63. The largest absolute Gasteiger partial charge is 0.492 e. The SMILES string of the molecule is Cc1ncc(CN2CCN(C(COc3ccccc3)c3ccccc3)CC2)cn1. The van der Waals surface area contributed by atoms with Gasteiger partial charge >= 0.3 is 0 Å². The lowest BCUT2D eigenvalue weighted by atomic mass is 10.0. The Balaban J connectivity index is 1.38. The van der Waals surface area contributed by atoms with Gasteiger partial charge in [-0.25, -0.2) is 9.97 Å². The minimum absolute atomic E-state index is 0.251. The van der Waals surface area contributed by atoms with Crippen LogP contribution in [0.2, 0.25) is 0 Å². The molecule has 1 atom stereocenters. The van der Waals surface area contributed by atoms with Crippen LogP contribution in [0.5, 0.6) is 5.75 Å². The lowest BCUT2D eigenvalue weighted by Gasteiger charge is -2.39. The first-order chi connectivity index (χ1) is 14.3. The van der Waals surface area contributed by atoms with Crippen LogP contribution >= 0.6 is 0 Å². The highest BCUT2D eigenvalue weighted by Gasteiger charge is 2.25. The number of para-hydroxylation sites is 1. The van der Waals surface area contributed by atoms with Gasteiger partial charge in [0, 0.05) is 50.7 Å². The maximum Gasteiger partial charge on any atom is 0.125 e. The highest BCUT2D eigenvalue weighted by molar-refractivity contribution is 5.23. The zero-order valence-electron chi connectivity index (χ0n) is 16.9. The van der Waals surface area contributed by atoms with Gasteiger partial charge in [0.15, 0.2) is 0 Å². The Morgan fingerprint density at radius 2 is 1.48 bits per heavy atom. The van der Waals surface area contributed by atoms with Crippen molar-refractivity contribution in [3.63, 3.8) is 0 Å². The Kier molecular flexibility index (Phi) is 6.49. The minimum Gasteiger partial charge on any atom is -0.492 e. The molecule has 0 amide bonds. The van der Waals surface area contributed by atoms with E-state index < -0.39 is 0 Å². The summed E-state index contributed by atoms with van der Waals surface area (Å²) in [4.78, 5) is 13.7. The zero-order valence-corrected chi connectivity index (χ0v) is 16.9. The summed E-state index contributed by atoms with van der Waals surface area (Å²) in [7, 11) is 0. The fraction of sp³-hybridized carbons (Fsp3) is 0.333. The molecule has 1 unspecified atom stereocenters. The van der Waals surface area contributed by atoms with Crippen molar-refractivity contribution >= 4 is 0 Å². The summed E-state index contributed by atoms with van der Waals surface area (Å²) in [6.45, 7) is 7.58. The van der Waals surface area contributed by atoms with E-state index in [2.05, 4.69) is 50.1 Å². The summed E-state index contributed by atoms with van der Waals surface area (Å²) < 4.78 is 6.14. The quantitative estimate of drug-likeness (QED) is 0.617. The predicted molar refractivity (Wildman–Crippen MR) is 115 cm³/mol. The van der Waals surface area contributed by atoms with Crippen molar-refractivity contribution in [3.05, 3.63) is 90.0 Å². The number of piperazine rings is 1. The first kappa shape index (κ1) is 19.6. The molecule has 2 aromatic carbocycles. The lowest BCUT2D eigenvalue weighted by molar-refractivity contribution is 0.0677. The van der Waals surface area contributed by atoms with Gasteiger partial charge in [-0.05, 0) is 24.6 Å². The predicted octanol–water partition coefficient (Wildman–Crippen LogP) is 3.72. The molecule has 1 aliphatic heterocycles. The van der Waals surface area contributed by atoms with Gasteiger partial charge in [0.1, 0.15) is 18.2 Å². The van der Waals surface area contributed by atoms with Gasteiger partial charge in [0.05, 0.1) is 6.04 Å². The summed E-state index contributed by atoms with van der Waals surface area (Å²) in [5.41, 5.74) is 2.49. The van der Waals surface area contributed by atoms with Crippen molar-refractivity contribution in [2.24, 2.45) is 0 Å². The summed E-state index contributed by atoms with van der Waals surface area (Å²) in [6.07, 6.45) is 3.88. The Morgan fingerprint density at radius 1 is 0.862 bits per heavy atom. The van der Waals surface area contributed by atoms with E-state index >= 15 is 0 Å². The van der Waals surface area contributed by atoms with Gasteiger partial charge < -0.3 is 4.74 Å². The second-order valence-electron chi connectivity index (χ2n) is 7.50. The molecular formula is C24H28N4O. The standard InChI is InChI=1S/C24H28N4O/c1-20-25-16-21(17-26-20)18-27-12-14-28(15-13-27)24(22-8-4-2-5-9-22)19-29-23-10-6-3-7-11-23/h2-11,16-17,24H,12-15,18-19H2,1H3. The molecule has 0 spiro atoms. The molecule has 0 saturated carbocycles. The third kappa shape index (κ3) is 5.40. The minimum atomic E-state index is 0.251. The topological polar surface area (TPSA) is 41.5 Å². The maximum absolute atomic E-state index is 6.14. The number of benzene rings is 2. The first-order valence-corrected chi connectivity index (χ1v) is 10.2. The molecule has 1 fully saturated rings. The third-order valence-electron chi connectivity index (χ3n) is 5.42. The van der Waals surface area contributed by atoms with Crippen LogP contribution in [0.1, 0.15) is 23.0 Å². The molecule has 3 aromatic rings. The molecule has 2 heterocycles. The molecule has 29 heavy (non-hydrogen) atoms. The fourth-order valence-corrected chi connectivity index (χ4v) is 3.77. The molecule has 0 bridgehead atoms. The number of ether oxygens (including phenoxy) is 1. The molecule has 1 saturated heterocycles. The molecule has 0 aliphatic carbocycles. The highest BCUT2D eigenvalue weighted by Crippen LogP contribution is 2.24. The van der Waals surface area contributed by atoms with Crippen LogP contribution in [0, 0.1) is 6.92 Å². The van der Waals surface area contributed by atoms with Crippen molar-refractivity contribution in [3.8, 4) is 5.75 Å². The van der Waals surface area contributed by atoms with E-state index in [4.69, 9.17) is 4.74 Å². The van der Waals surface area contributed by atoms with Crippen LogP contribution in [0.25, 0.3) is 0 Å². The van der Waals surface area contributed by atoms with E-state index in [-0.39, 0.29) is 6.04 Å². The van der Waals surface area contributed by atoms with Gasteiger partial charge in [0.25, 0.3) is 0 Å². The van der Waals surface area contributed by atoms with E-state index in [9.17, 15) is 0 Å². The number of rotatable bonds is 7. The average molecular weight is 389 g/mol. The molecule has 0 radical (unpaired) electrons. The monoisotopic (exact) mass is 388 g/mol. The fourth-order valence-electron chi connectivity index (χ4n) is 3.77. The molecule has 150 valence electrons. The molecular weight excluding hydrogens is 360 g/mol. The van der Waals surface area contributed by atoms with Gasteiger partial charge in [-0.3, -0.25) is 9.80 Å². The van der Waals surface area contributed by atoms with Crippen LogP contribution in [0.15, 0.2) is 73.1 Å². The number of aryl methyl sites for hydroxylation is 1. The molecule has 1 aromatic heterocycles. The van der Waals surface area contributed by atoms with Gasteiger partial charge in [-0.1, -0.05) is 48.5 Å². The van der Waals surface area contributed by atoms with E-state index in [1.165, 1.54) is 11.1 Å². The third-order valence-corrected chi connectivity index (χ3v) is 5.42. The van der Waals surface area contributed by atoms with Crippen molar-refractivity contribution < 1.29 is 4.74 Å². The normalized spacial score (nSPS) is 16.4. The molecule has 0 N–H and O–H groups in total. The Morgan fingerprint density at radius 3 is 2.14 bits per heavy atom. The van der Waals surface area contributed by atoms with Crippen LogP contribution in [-0.4, -0.2) is 52.6 Å². The van der Waals surface area contributed by atoms with Gasteiger partial charge in [0.2, 0.25) is 0 Å². The van der Waals surface area contributed by atoms with E-state index in [1.807, 2.05) is 49.6 Å². The van der Waals surface area contributed by atoms with Crippen molar-refractivity contribution in [1.29, 1.82) is 0 Å². The highest BCUT2D eigenvalue weighted by atomic mass is 16.5. The second-order valence-corrected chi connectivity index (χ2v) is 7.50. The van der Waals surface area contributed by atoms with Crippen molar-refractivity contribution in [2.45, 2.75) is 19.5 Å². The summed E-state index contributed by atoms with van der Waals surface area (Å²) in [5.74, 6) is 1.74. The molecule has 5 nitrogen and oxygen atoms in total. The van der Waals surface area contributed by atoms with Gasteiger partial charge in [-0.15, -0.1) is 0 Å². The van der Waals surface area contributed by atoms with Crippen LogP contribution in [0.3, 0.4) is 0 Å². The van der Waals surface area contributed by atoms with Crippen molar-refractivity contribution in [2.75, 3.05) is 32.8 Å². The smallest absolute Gasteiger partial charge is 0.125 e. The van der Waals surface area contributed by atoms with Gasteiger partial charge in [-0.2, -0.15) is 0 Å². The summed E-state index contributed by atoms with van der Waals surface area (Å²) >= 11 is 0. The maximum atomic E-state index is 6.14.